The Morgan fingerprint density at radius 1 is 0.364 bits per heavy atom. The number of hydrogen-bond donors (Lipinski definition) is 0. The molecule has 0 aliphatic rings. The van der Waals surface area contributed by atoms with Gasteiger partial charge in [-0.05, 0) is 71.8 Å². The second kappa shape index (κ2) is 11.7. The van der Waals surface area contributed by atoms with Gasteiger partial charge < -0.3 is 4.57 Å². The van der Waals surface area contributed by atoms with Crippen molar-refractivity contribution in [2.45, 2.75) is 0 Å². The summed E-state index contributed by atoms with van der Waals surface area (Å²) in [6.07, 6.45) is 0. The maximum Gasteiger partial charge on any atom is 0.235 e. The molecule has 0 bridgehead atoms. The highest BCUT2D eigenvalue weighted by Crippen LogP contribution is 2.42. The van der Waals surface area contributed by atoms with Crippen LogP contribution in [-0.2, 0) is 0 Å². The molecule has 0 amide bonds. The third-order valence-electron chi connectivity index (χ3n) is 11.1. The highest BCUT2D eigenvalue weighted by Gasteiger charge is 2.21. The fourth-order valence-corrected chi connectivity index (χ4v) is 9.79. The van der Waals surface area contributed by atoms with Crippen LogP contribution in [0.1, 0.15) is 0 Å². The third-order valence-corrected chi connectivity index (χ3v) is 12.3. The van der Waals surface area contributed by atoms with Crippen LogP contribution in [0.4, 0.5) is 0 Å². The Hall–Kier alpha value is -7.08. The molecule has 4 heterocycles. The van der Waals surface area contributed by atoms with E-state index in [1.165, 1.54) is 58.3 Å². The van der Waals surface area contributed by atoms with Crippen LogP contribution < -0.4 is 0 Å². The van der Waals surface area contributed by atoms with E-state index in [9.17, 15) is 0 Å². The summed E-state index contributed by atoms with van der Waals surface area (Å²) in [4.78, 5) is 10.9. The first-order valence-corrected chi connectivity index (χ1v) is 19.4. The van der Waals surface area contributed by atoms with E-state index in [-0.39, 0.29) is 0 Å². The molecular formula is C50H30N4S. The maximum atomic E-state index is 5.48. The lowest BCUT2D eigenvalue weighted by Gasteiger charge is -2.13. The average Bonchev–Trinajstić information content (AvgIpc) is 3.91. The highest BCUT2D eigenvalue weighted by atomic mass is 32.1. The van der Waals surface area contributed by atoms with Gasteiger partial charge in [-0.25, -0.2) is 9.97 Å². The highest BCUT2D eigenvalue weighted by molar-refractivity contribution is 7.26. The standard InChI is InChI=1S/C50H30N4S/c1-3-13-31(14-4-1)48-39-26-28-46-47(38-19-9-12-22-45(38)55-46)49(39)52-50(51-48)54-42-21-11-8-18-36(42)40-29-32(24-27-43(40)54)33-23-25-37-35-17-7-10-20-41(35)53(44(37)30-33)34-15-5-2-6-16-34/h1-30H. The Labute approximate surface area is 319 Å². The maximum absolute atomic E-state index is 5.48. The molecular weight excluding hydrogens is 689 g/mol. The van der Waals surface area contributed by atoms with Gasteiger partial charge in [0.2, 0.25) is 5.95 Å². The predicted octanol–water partition coefficient (Wildman–Crippen LogP) is 13.5. The fraction of sp³-hybridized carbons (Fsp3) is 0. The number of thiophene rings is 1. The normalized spacial score (nSPS) is 12.0. The smallest absolute Gasteiger partial charge is 0.235 e. The van der Waals surface area contributed by atoms with Gasteiger partial charge in [-0.15, -0.1) is 11.3 Å². The zero-order valence-electron chi connectivity index (χ0n) is 29.5. The largest absolute Gasteiger partial charge is 0.309 e. The van der Waals surface area contributed by atoms with Gasteiger partial charge >= 0.3 is 0 Å². The van der Waals surface area contributed by atoms with Gasteiger partial charge in [0.15, 0.2) is 0 Å². The van der Waals surface area contributed by atoms with E-state index in [4.69, 9.17) is 9.97 Å². The second-order valence-electron chi connectivity index (χ2n) is 14.2. The van der Waals surface area contributed by atoms with E-state index in [0.717, 1.165) is 44.4 Å². The summed E-state index contributed by atoms with van der Waals surface area (Å²) in [7, 11) is 0. The molecule has 12 rings (SSSR count). The Bertz CT molecular complexity index is 3480. The van der Waals surface area contributed by atoms with Crippen molar-refractivity contribution in [3.05, 3.63) is 182 Å². The lowest BCUT2D eigenvalue weighted by atomic mass is 10.0. The molecule has 0 aliphatic heterocycles. The predicted molar refractivity (Wildman–Crippen MR) is 232 cm³/mol. The molecule has 0 aliphatic carbocycles. The van der Waals surface area contributed by atoms with E-state index in [1.807, 2.05) is 11.3 Å². The molecule has 0 fully saturated rings. The van der Waals surface area contributed by atoms with Crippen molar-refractivity contribution in [1.82, 2.24) is 19.1 Å². The van der Waals surface area contributed by atoms with E-state index < -0.39 is 0 Å². The van der Waals surface area contributed by atoms with Crippen molar-refractivity contribution in [3.8, 4) is 34.0 Å². The summed E-state index contributed by atoms with van der Waals surface area (Å²) in [5.74, 6) is 0.668. The van der Waals surface area contributed by atoms with E-state index in [2.05, 4.69) is 191 Å². The van der Waals surface area contributed by atoms with Crippen LogP contribution >= 0.6 is 11.3 Å². The first-order valence-electron chi connectivity index (χ1n) is 18.6. The summed E-state index contributed by atoms with van der Waals surface area (Å²) in [6, 6.07) is 65.3. The monoisotopic (exact) mass is 718 g/mol. The number of aromatic nitrogens is 4. The van der Waals surface area contributed by atoms with Crippen LogP contribution in [-0.4, -0.2) is 19.1 Å². The molecule has 0 saturated heterocycles. The molecule has 5 heteroatoms. The summed E-state index contributed by atoms with van der Waals surface area (Å²) >= 11 is 1.82. The molecule has 0 saturated carbocycles. The van der Waals surface area contributed by atoms with Crippen molar-refractivity contribution in [2.75, 3.05) is 0 Å². The summed E-state index contributed by atoms with van der Waals surface area (Å²) in [5.41, 5.74) is 11.0. The SMILES string of the molecule is c1ccc(-c2nc(-n3c4ccccc4c4cc(-c5ccc6c7ccccc7n(-c7ccccc7)c6c5)ccc43)nc3c2ccc2sc4ccccc4c23)cc1. The van der Waals surface area contributed by atoms with Gasteiger partial charge in [-0.1, -0.05) is 121 Å². The number of benzene rings is 8. The summed E-state index contributed by atoms with van der Waals surface area (Å²) in [6.45, 7) is 0. The zero-order chi connectivity index (χ0) is 36.0. The van der Waals surface area contributed by atoms with E-state index in [1.54, 1.807) is 0 Å². The van der Waals surface area contributed by atoms with Gasteiger partial charge in [-0.3, -0.25) is 4.57 Å². The van der Waals surface area contributed by atoms with Crippen molar-refractivity contribution < 1.29 is 0 Å². The minimum absolute atomic E-state index is 0.668. The van der Waals surface area contributed by atoms with Crippen LogP contribution in [0.15, 0.2) is 182 Å². The molecule has 0 radical (unpaired) electrons. The summed E-state index contributed by atoms with van der Waals surface area (Å²) < 4.78 is 7.13. The van der Waals surface area contributed by atoms with Crippen LogP contribution in [0.2, 0.25) is 0 Å². The molecule has 12 aromatic rings. The van der Waals surface area contributed by atoms with Crippen LogP contribution in [0.3, 0.4) is 0 Å². The molecule has 0 spiro atoms. The molecule has 4 aromatic heterocycles. The first kappa shape index (κ1) is 30.4. The first-order chi connectivity index (χ1) is 27.3. The van der Waals surface area contributed by atoms with Crippen molar-refractivity contribution in [2.24, 2.45) is 0 Å². The van der Waals surface area contributed by atoms with Gasteiger partial charge in [0.05, 0.1) is 33.3 Å². The second-order valence-corrected chi connectivity index (χ2v) is 15.3. The number of para-hydroxylation sites is 3. The quantitative estimate of drug-likeness (QED) is 0.182. The Morgan fingerprint density at radius 2 is 0.964 bits per heavy atom. The topological polar surface area (TPSA) is 35.6 Å². The summed E-state index contributed by atoms with van der Waals surface area (Å²) in [5, 5.41) is 8.30. The van der Waals surface area contributed by atoms with Crippen LogP contribution in [0, 0.1) is 0 Å². The Morgan fingerprint density at radius 3 is 1.78 bits per heavy atom. The van der Waals surface area contributed by atoms with Crippen molar-refractivity contribution in [3.63, 3.8) is 0 Å². The van der Waals surface area contributed by atoms with Crippen LogP contribution in [0.5, 0.6) is 0 Å². The van der Waals surface area contributed by atoms with Crippen molar-refractivity contribution in [1.29, 1.82) is 0 Å². The minimum Gasteiger partial charge on any atom is -0.309 e. The van der Waals surface area contributed by atoms with Gasteiger partial charge in [0, 0.05) is 58.4 Å². The molecule has 55 heavy (non-hydrogen) atoms. The third kappa shape index (κ3) is 4.51. The van der Waals surface area contributed by atoms with Gasteiger partial charge in [0.25, 0.3) is 0 Å². The zero-order valence-corrected chi connectivity index (χ0v) is 30.3. The lowest BCUT2D eigenvalue weighted by Crippen LogP contribution is -2.03. The Balaban J connectivity index is 1.11. The van der Waals surface area contributed by atoms with Crippen molar-refractivity contribution >= 4 is 86.0 Å². The lowest BCUT2D eigenvalue weighted by molar-refractivity contribution is 1.02. The van der Waals surface area contributed by atoms with Crippen LogP contribution in [0.25, 0.3) is 109 Å². The number of rotatable bonds is 4. The molecule has 0 N–H and O–H groups in total. The number of hydrogen-bond acceptors (Lipinski definition) is 3. The number of fused-ring (bicyclic) bond motifs is 11. The fourth-order valence-electron chi connectivity index (χ4n) is 8.68. The van der Waals surface area contributed by atoms with E-state index in [0.29, 0.717) is 5.95 Å². The van der Waals surface area contributed by atoms with E-state index >= 15 is 0 Å². The van der Waals surface area contributed by atoms with Gasteiger partial charge in [-0.2, -0.15) is 0 Å². The van der Waals surface area contributed by atoms with Gasteiger partial charge in [0.1, 0.15) is 0 Å². The molecule has 0 unspecified atom stereocenters. The minimum atomic E-state index is 0.668. The molecule has 0 atom stereocenters. The Kier molecular flexibility index (Phi) is 6.47. The molecule has 4 nitrogen and oxygen atoms in total. The molecule has 8 aromatic carbocycles. The number of nitrogens with zero attached hydrogens (tertiary/aromatic N) is 4. The average molecular weight is 719 g/mol. The molecule has 256 valence electrons.